The Morgan fingerprint density at radius 3 is 2.32 bits per heavy atom. The third-order valence-electron chi connectivity index (χ3n) is 4.15. The molecule has 0 radical (unpaired) electrons. The van der Waals surface area contributed by atoms with E-state index < -0.39 is 36.3 Å². The van der Waals surface area contributed by atoms with Gasteiger partial charge in [0.15, 0.2) is 5.82 Å². The van der Waals surface area contributed by atoms with Crippen molar-refractivity contribution >= 4 is 13.3 Å². The zero-order valence-electron chi connectivity index (χ0n) is 18.0. The zero-order chi connectivity index (χ0) is 23.4. The van der Waals surface area contributed by atoms with Crippen molar-refractivity contribution in [3.8, 4) is 0 Å². The summed E-state index contributed by atoms with van der Waals surface area (Å²) in [5.74, 6) is -0.422. The van der Waals surface area contributed by atoms with Crippen LogP contribution in [0.15, 0.2) is 28.8 Å². The number of ether oxygens (including phenoxy) is 1. The van der Waals surface area contributed by atoms with Gasteiger partial charge in [-0.25, -0.2) is 0 Å². The van der Waals surface area contributed by atoms with E-state index in [1.807, 2.05) is 0 Å². The third kappa shape index (κ3) is 7.47. The highest BCUT2D eigenvalue weighted by molar-refractivity contribution is 7.60. The lowest BCUT2D eigenvalue weighted by molar-refractivity contribution is -0.154. The molecule has 11 heteroatoms. The standard InChI is InChI=1S/C20H26F3N2O5P/c1-6-28-31(5,27)15(18(26)29-19(2,3)4)12-17-24-16(25-30-17)11-13-7-9-14(10-8-13)20(21,22)23/h7-10,15H,6,11-12H2,1-5H3. The van der Waals surface area contributed by atoms with E-state index >= 15 is 0 Å². The van der Waals surface area contributed by atoms with Gasteiger partial charge in [-0.2, -0.15) is 18.2 Å². The summed E-state index contributed by atoms with van der Waals surface area (Å²) in [6, 6.07) is 4.62. The Labute approximate surface area is 178 Å². The average Bonchev–Trinajstić information content (AvgIpc) is 3.04. The Morgan fingerprint density at radius 1 is 1.19 bits per heavy atom. The Morgan fingerprint density at radius 2 is 1.81 bits per heavy atom. The predicted octanol–water partition coefficient (Wildman–Crippen LogP) is 4.88. The molecule has 0 N–H and O–H groups in total. The number of nitrogens with zero attached hydrogens (tertiary/aromatic N) is 2. The van der Waals surface area contributed by atoms with Crippen molar-refractivity contribution in [2.24, 2.45) is 0 Å². The van der Waals surface area contributed by atoms with Crippen molar-refractivity contribution in [3.63, 3.8) is 0 Å². The molecule has 0 aliphatic carbocycles. The molecule has 0 fully saturated rings. The highest BCUT2D eigenvalue weighted by Gasteiger charge is 2.40. The fourth-order valence-electron chi connectivity index (χ4n) is 2.76. The topological polar surface area (TPSA) is 91.5 Å². The molecule has 0 aliphatic rings. The summed E-state index contributed by atoms with van der Waals surface area (Å²) in [7, 11) is -3.40. The number of halogens is 3. The Hall–Kier alpha value is -2.19. The molecule has 2 rings (SSSR count). The van der Waals surface area contributed by atoms with Gasteiger partial charge in [0.1, 0.15) is 11.3 Å². The van der Waals surface area contributed by atoms with Gasteiger partial charge in [0.25, 0.3) is 0 Å². The van der Waals surface area contributed by atoms with Gasteiger partial charge >= 0.3 is 12.1 Å². The van der Waals surface area contributed by atoms with E-state index in [0.717, 1.165) is 12.1 Å². The molecule has 0 saturated heterocycles. The van der Waals surface area contributed by atoms with E-state index in [4.69, 9.17) is 13.8 Å². The number of esters is 1. The molecule has 31 heavy (non-hydrogen) atoms. The van der Waals surface area contributed by atoms with Gasteiger partial charge in [0.05, 0.1) is 12.2 Å². The van der Waals surface area contributed by atoms with Crippen LogP contribution in [0.1, 0.15) is 50.5 Å². The van der Waals surface area contributed by atoms with Gasteiger partial charge in [-0.1, -0.05) is 17.3 Å². The number of alkyl halides is 3. The van der Waals surface area contributed by atoms with E-state index in [2.05, 4.69) is 10.1 Å². The van der Waals surface area contributed by atoms with Crippen LogP contribution in [0, 0.1) is 0 Å². The molecule has 0 bridgehead atoms. The van der Waals surface area contributed by atoms with Crippen LogP contribution < -0.4 is 0 Å². The maximum atomic E-state index is 13.0. The molecule has 2 aromatic rings. The molecule has 0 spiro atoms. The minimum atomic E-state index is -4.41. The minimum Gasteiger partial charge on any atom is -0.459 e. The normalized spacial score (nSPS) is 15.4. The molecule has 172 valence electrons. The quantitative estimate of drug-likeness (QED) is 0.408. The monoisotopic (exact) mass is 462 g/mol. The number of benzene rings is 1. The highest BCUT2D eigenvalue weighted by Crippen LogP contribution is 2.50. The first-order valence-corrected chi connectivity index (χ1v) is 11.8. The molecular weight excluding hydrogens is 436 g/mol. The van der Waals surface area contributed by atoms with Crippen LogP contribution in [0.3, 0.4) is 0 Å². The van der Waals surface area contributed by atoms with Crippen LogP contribution in [-0.2, 0) is 37.6 Å². The lowest BCUT2D eigenvalue weighted by Gasteiger charge is -2.26. The van der Waals surface area contributed by atoms with Crippen molar-refractivity contribution in [2.45, 2.75) is 58.0 Å². The molecule has 7 nitrogen and oxygen atoms in total. The highest BCUT2D eigenvalue weighted by atomic mass is 31.2. The first kappa shape index (κ1) is 25.1. The number of carbonyl (C=O) groups is 1. The molecule has 2 unspecified atom stereocenters. The molecule has 0 saturated carbocycles. The lowest BCUT2D eigenvalue weighted by Crippen LogP contribution is -2.33. The number of rotatable bonds is 8. The molecule has 1 aromatic carbocycles. The second-order valence-electron chi connectivity index (χ2n) is 8.06. The Kier molecular flexibility index (Phi) is 7.70. The van der Waals surface area contributed by atoms with Gasteiger partial charge < -0.3 is 13.8 Å². The molecule has 0 aliphatic heterocycles. The van der Waals surface area contributed by atoms with Crippen LogP contribution >= 0.6 is 7.37 Å². The van der Waals surface area contributed by atoms with Crippen LogP contribution in [-0.4, -0.2) is 40.6 Å². The van der Waals surface area contributed by atoms with Gasteiger partial charge in [0, 0.05) is 19.5 Å². The van der Waals surface area contributed by atoms with Crippen LogP contribution in [0.4, 0.5) is 13.2 Å². The SMILES string of the molecule is CCOP(C)(=O)C(Cc1nc(Cc2ccc(C(F)(F)F)cc2)no1)C(=O)OC(C)(C)C. The van der Waals surface area contributed by atoms with E-state index in [9.17, 15) is 22.5 Å². The summed E-state index contributed by atoms with van der Waals surface area (Å²) in [5.41, 5.74) is -2.12. The van der Waals surface area contributed by atoms with E-state index in [1.54, 1.807) is 27.7 Å². The van der Waals surface area contributed by atoms with Gasteiger partial charge in [-0.05, 0) is 45.4 Å². The molecule has 1 heterocycles. The summed E-state index contributed by atoms with van der Waals surface area (Å²) in [6.07, 6.45) is -4.43. The number of hydrogen-bond acceptors (Lipinski definition) is 7. The van der Waals surface area contributed by atoms with Gasteiger partial charge in [-0.3, -0.25) is 9.36 Å². The molecule has 1 aromatic heterocycles. The molecular formula is C20H26F3N2O5P. The maximum Gasteiger partial charge on any atom is 0.416 e. The van der Waals surface area contributed by atoms with Crippen molar-refractivity contribution in [2.75, 3.05) is 13.3 Å². The fraction of sp³-hybridized carbons (Fsp3) is 0.550. The van der Waals surface area contributed by atoms with Crippen molar-refractivity contribution < 1.29 is 36.3 Å². The van der Waals surface area contributed by atoms with Crippen molar-refractivity contribution in [1.82, 2.24) is 10.1 Å². The predicted molar refractivity (Wildman–Crippen MR) is 107 cm³/mol. The summed E-state index contributed by atoms with van der Waals surface area (Å²) < 4.78 is 66.9. The fourth-order valence-corrected chi connectivity index (χ4v) is 4.38. The average molecular weight is 462 g/mol. The Balaban J connectivity index is 2.16. The first-order chi connectivity index (χ1) is 14.2. The Bertz CT molecular complexity index is 936. The summed E-state index contributed by atoms with van der Waals surface area (Å²) in [4.78, 5) is 16.8. The minimum absolute atomic E-state index is 0.0551. The zero-order valence-corrected chi connectivity index (χ0v) is 18.9. The van der Waals surface area contributed by atoms with Crippen molar-refractivity contribution in [1.29, 1.82) is 0 Å². The van der Waals surface area contributed by atoms with Crippen LogP contribution in [0.5, 0.6) is 0 Å². The number of carbonyl (C=O) groups excluding carboxylic acids is 1. The van der Waals surface area contributed by atoms with Gasteiger partial charge in [-0.15, -0.1) is 0 Å². The van der Waals surface area contributed by atoms with E-state index in [1.165, 1.54) is 18.8 Å². The van der Waals surface area contributed by atoms with Crippen LogP contribution in [0.2, 0.25) is 0 Å². The molecule has 0 amide bonds. The largest absolute Gasteiger partial charge is 0.459 e. The van der Waals surface area contributed by atoms with Crippen molar-refractivity contribution in [3.05, 3.63) is 47.1 Å². The van der Waals surface area contributed by atoms with E-state index in [0.29, 0.717) is 5.56 Å². The third-order valence-corrected chi connectivity index (χ3v) is 6.45. The summed E-state index contributed by atoms with van der Waals surface area (Å²) >= 11 is 0. The molecule has 2 atom stereocenters. The van der Waals surface area contributed by atoms with Crippen LogP contribution in [0.25, 0.3) is 0 Å². The smallest absolute Gasteiger partial charge is 0.416 e. The summed E-state index contributed by atoms with van der Waals surface area (Å²) in [5, 5.41) is 3.81. The first-order valence-electron chi connectivity index (χ1n) is 9.63. The summed E-state index contributed by atoms with van der Waals surface area (Å²) in [6.45, 7) is 8.24. The van der Waals surface area contributed by atoms with E-state index in [-0.39, 0.29) is 31.2 Å². The van der Waals surface area contributed by atoms with Gasteiger partial charge in [0.2, 0.25) is 13.3 Å². The number of aromatic nitrogens is 2. The second kappa shape index (κ2) is 9.53. The number of hydrogen-bond donors (Lipinski definition) is 0. The maximum absolute atomic E-state index is 13.0. The lowest BCUT2D eigenvalue weighted by atomic mass is 10.1. The second-order valence-corrected chi connectivity index (χ2v) is 10.8.